The molecule has 6 rings (SSSR count). The lowest BCUT2D eigenvalue weighted by molar-refractivity contribution is -0.167. The van der Waals surface area contributed by atoms with Crippen LogP contribution in [0.1, 0.15) is 31.8 Å². The van der Waals surface area contributed by atoms with E-state index in [0.29, 0.717) is 11.3 Å². The highest BCUT2D eigenvalue weighted by molar-refractivity contribution is 6.31. The SMILES string of the molecule is O=C1CN2C(=O)[C@@H](N3C(=O)c4ccccc4C3=O)[C@]2(c2ccccc2F)c2cc(Cl)ccc2N1. The van der Waals surface area contributed by atoms with E-state index in [1.165, 1.54) is 41.3 Å². The van der Waals surface area contributed by atoms with Crippen LogP contribution in [0.15, 0.2) is 66.7 Å². The van der Waals surface area contributed by atoms with Gasteiger partial charge in [-0.3, -0.25) is 24.1 Å². The zero-order valence-electron chi connectivity index (χ0n) is 17.4. The molecule has 168 valence electrons. The van der Waals surface area contributed by atoms with Crippen LogP contribution in [0.25, 0.3) is 0 Å². The minimum absolute atomic E-state index is 0.0520. The summed E-state index contributed by atoms with van der Waals surface area (Å²) in [5, 5.41) is 3.02. The number of benzene rings is 3. The molecule has 1 N–H and O–H groups in total. The Hall–Kier alpha value is -4.04. The molecule has 0 saturated carbocycles. The van der Waals surface area contributed by atoms with Crippen molar-refractivity contribution in [2.24, 2.45) is 0 Å². The Bertz CT molecular complexity index is 1420. The van der Waals surface area contributed by atoms with Crippen LogP contribution < -0.4 is 5.32 Å². The Balaban J connectivity index is 1.66. The van der Waals surface area contributed by atoms with Gasteiger partial charge in [0.2, 0.25) is 5.91 Å². The molecule has 0 spiro atoms. The number of rotatable bonds is 2. The van der Waals surface area contributed by atoms with E-state index in [0.717, 1.165) is 4.90 Å². The molecule has 3 aromatic carbocycles. The molecule has 7 nitrogen and oxygen atoms in total. The van der Waals surface area contributed by atoms with E-state index in [1.54, 1.807) is 30.3 Å². The van der Waals surface area contributed by atoms with Gasteiger partial charge in [-0.05, 0) is 36.4 Å². The third-order valence-corrected chi connectivity index (χ3v) is 6.89. The number of nitrogens with one attached hydrogen (secondary N) is 1. The maximum Gasteiger partial charge on any atom is 0.262 e. The molecule has 34 heavy (non-hydrogen) atoms. The molecule has 0 bridgehead atoms. The minimum Gasteiger partial charge on any atom is -0.324 e. The number of halogens is 2. The number of carbonyl (C=O) groups excluding carboxylic acids is 4. The van der Waals surface area contributed by atoms with E-state index in [4.69, 9.17) is 11.6 Å². The molecule has 0 radical (unpaired) electrons. The maximum absolute atomic E-state index is 15.4. The molecule has 4 amide bonds. The summed E-state index contributed by atoms with van der Waals surface area (Å²) in [6.07, 6.45) is 0. The lowest BCUT2D eigenvalue weighted by Crippen LogP contribution is -2.78. The summed E-state index contributed by atoms with van der Waals surface area (Å²) in [7, 11) is 0. The lowest BCUT2D eigenvalue weighted by atomic mass is 9.67. The van der Waals surface area contributed by atoms with E-state index in [-0.39, 0.29) is 28.3 Å². The summed E-state index contributed by atoms with van der Waals surface area (Å²) in [6.45, 7) is -0.390. The van der Waals surface area contributed by atoms with Crippen LogP contribution in [-0.4, -0.2) is 46.0 Å². The van der Waals surface area contributed by atoms with Gasteiger partial charge < -0.3 is 10.2 Å². The van der Waals surface area contributed by atoms with Crippen molar-refractivity contribution in [1.82, 2.24) is 9.80 Å². The molecule has 2 atom stereocenters. The highest BCUT2D eigenvalue weighted by Gasteiger charge is 2.69. The van der Waals surface area contributed by atoms with Crippen molar-refractivity contribution in [3.8, 4) is 0 Å². The Morgan fingerprint density at radius 1 is 0.882 bits per heavy atom. The maximum atomic E-state index is 15.4. The average Bonchev–Trinajstić information content (AvgIpc) is 3.00. The predicted molar refractivity (Wildman–Crippen MR) is 120 cm³/mol. The van der Waals surface area contributed by atoms with Crippen LogP contribution in [0.3, 0.4) is 0 Å². The number of anilines is 1. The Morgan fingerprint density at radius 2 is 1.53 bits per heavy atom. The van der Waals surface area contributed by atoms with Gasteiger partial charge in [-0.15, -0.1) is 0 Å². The van der Waals surface area contributed by atoms with Crippen LogP contribution >= 0.6 is 11.6 Å². The average molecular weight is 476 g/mol. The second-order valence-corrected chi connectivity index (χ2v) is 8.77. The molecule has 3 aliphatic heterocycles. The second-order valence-electron chi connectivity index (χ2n) is 8.34. The fourth-order valence-electron chi connectivity index (χ4n) is 5.30. The monoisotopic (exact) mass is 475 g/mol. The number of hydrogen-bond acceptors (Lipinski definition) is 4. The number of fused-ring (bicyclic) bond motifs is 4. The van der Waals surface area contributed by atoms with Gasteiger partial charge in [0.25, 0.3) is 17.7 Å². The van der Waals surface area contributed by atoms with Crippen molar-refractivity contribution < 1.29 is 23.6 Å². The van der Waals surface area contributed by atoms with E-state index in [1.807, 2.05) is 0 Å². The normalized spacial score (nSPS) is 23.1. The first kappa shape index (κ1) is 20.6. The highest BCUT2D eigenvalue weighted by atomic mass is 35.5. The van der Waals surface area contributed by atoms with Gasteiger partial charge in [-0.2, -0.15) is 0 Å². The van der Waals surface area contributed by atoms with Crippen LogP contribution in [0.2, 0.25) is 5.02 Å². The van der Waals surface area contributed by atoms with Crippen molar-refractivity contribution >= 4 is 40.9 Å². The smallest absolute Gasteiger partial charge is 0.262 e. The molecular formula is C25H15ClFN3O4. The summed E-state index contributed by atoms with van der Waals surface area (Å²) in [6, 6.07) is 15.3. The van der Waals surface area contributed by atoms with Gasteiger partial charge in [0.1, 0.15) is 17.9 Å². The summed E-state index contributed by atoms with van der Waals surface area (Å²) >= 11 is 6.31. The Labute approximate surface area is 197 Å². The molecular weight excluding hydrogens is 461 g/mol. The molecule has 3 aromatic rings. The van der Waals surface area contributed by atoms with Gasteiger partial charge in [0.05, 0.1) is 11.1 Å². The zero-order chi connectivity index (χ0) is 23.8. The second kappa shape index (κ2) is 6.98. The third kappa shape index (κ3) is 2.46. The van der Waals surface area contributed by atoms with Crippen molar-refractivity contribution in [2.75, 3.05) is 11.9 Å². The summed E-state index contributed by atoms with van der Waals surface area (Å²) < 4.78 is 15.4. The van der Waals surface area contributed by atoms with Gasteiger partial charge in [0.15, 0.2) is 6.04 Å². The highest BCUT2D eigenvalue weighted by Crippen LogP contribution is 2.54. The van der Waals surface area contributed by atoms with Gasteiger partial charge in [-0.1, -0.05) is 41.9 Å². The van der Waals surface area contributed by atoms with E-state index < -0.39 is 41.0 Å². The molecule has 1 saturated heterocycles. The number of imide groups is 1. The molecule has 1 fully saturated rings. The molecule has 0 aromatic heterocycles. The zero-order valence-corrected chi connectivity index (χ0v) is 18.2. The quantitative estimate of drug-likeness (QED) is 0.455. The van der Waals surface area contributed by atoms with Crippen LogP contribution in [-0.2, 0) is 15.1 Å². The first-order valence-electron chi connectivity index (χ1n) is 10.5. The lowest BCUT2D eigenvalue weighted by Gasteiger charge is -2.58. The number of β-lactam (4-membered cyclic amide) rings is 1. The van der Waals surface area contributed by atoms with Crippen molar-refractivity contribution in [1.29, 1.82) is 0 Å². The third-order valence-electron chi connectivity index (χ3n) is 6.66. The first-order valence-corrected chi connectivity index (χ1v) is 10.9. The van der Waals surface area contributed by atoms with Gasteiger partial charge in [0, 0.05) is 21.8 Å². The number of hydrogen-bond donors (Lipinski definition) is 1. The van der Waals surface area contributed by atoms with Gasteiger partial charge >= 0.3 is 0 Å². The fraction of sp³-hybridized carbons (Fsp3) is 0.120. The van der Waals surface area contributed by atoms with E-state index >= 15 is 4.39 Å². The number of amides is 4. The van der Waals surface area contributed by atoms with Crippen LogP contribution in [0.5, 0.6) is 0 Å². The molecule has 0 aliphatic carbocycles. The number of carbonyl (C=O) groups is 4. The molecule has 3 aliphatic rings. The summed E-state index contributed by atoms with van der Waals surface area (Å²) in [5.41, 5.74) is -0.648. The standard InChI is InChI=1S/C25H15ClFN3O4/c26-13-9-10-19-17(11-13)25(16-7-3-4-8-18(16)27)21(24(34)29(25)12-20(31)28-19)30-22(32)14-5-1-2-6-15(14)23(30)33/h1-11,21H,12H2,(H,28,31)/t21-,25+/m1/s1. The molecule has 3 heterocycles. The van der Waals surface area contributed by atoms with Crippen LogP contribution in [0.4, 0.5) is 10.1 Å². The topological polar surface area (TPSA) is 86.8 Å². The fourth-order valence-corrected chi connectivity index (χ4v) is 5.47. The van der Waals surface area contributed by atoms with Crippen LogP contribution in [0, 0.1) is 5.82 Å². The predicted octanol–water partition coefficient (Wildman–Crippen LogP) is 3.18. The van der Waals surface area contributed by atoms with E-state index in [2.05, 4.69) is 5.32 Å². The Morgan fingerprint density at radius 3 is 2.21 bits per heavy atom. The largest absolute Gasteiger partial charge is 0.324 e. The van der Waals surface area contributed by atoms with E-state index in [9.17, 15) is 19.2 Å². The minimum atomic E-state index is -1.66. The Kier molecular flexibility index (Phi) is 4.22. The molecule has 9 heteroatoms. The summed E-state index contributed by atoms with van der Waals surface area (Å²) in [5.74, 6) is -3.08. The van der Waals surface area contributed by atoms with Crippen molar-refractivity contribution in [2.45, 2.75) is 11.6 Å². The molecule has 0 unspecified atom stereocenters. The van der Waals surface area contributed by atoms with Crippen molar-refractivity contribution in [3.63, 3.8) is 0 Å². The summed E-state index contributed by atoms with van der Waals surface area (Å²) in [4.78, 5) is 55.1. The first-order chi connectivity index (χ1) is 16.4. The van der Waals surface area contributed by atoms with Crippen molar-refractivity contribution in [3.05, 3.63) is 99.8 Å². The van der Waals surface area contributed by atoms with Gasteiger partial charge in [-0.25, -0.2) is 4.39 Å². The number of nitrogens with zero attached hydrogens (tertiary/aromatic N) is 2.